The molecule has 142 valence electrons. The van der Waals surface area contributed by atoms with Crippen LogP contribution in [0.15, 0.2) is 48.5 Å². The Labute approximate surface area is 164 Å². The molecule has 0 aliphatic carbocycles. The maximum absolute atomic E-state index is 12.8. The van der Waals surface area contributed by atoms with Gasteiger partial charge in [-0.05, 0) is 49.4 Å². The van der Waals surface area contributed by atoms with Gasteiger partial charge in [-0.1, -0.05) is 36.4 Å². The van der Waals surface area contributed by atoms with Crippen molar-refractivity contribution in [2.45, 2.75) is 39.3 Å². The normalized spacial score (nSPS) is 14.5. The Kier molecular flexibility index (Phi) is 4.19. The molecule has 2 aromatic carbocycles. The molecule has 28 heavy (non-hydrogen) atoms. The minimum Gasteiger partial charge on any atom is -0.488 e. The van der Waals surface area contributed by atoms with Gasteiger partial charge in [-0.2, -0.15) is 0 Å². The molecular weight excluding hydrogens is 350 g/mol. The van der Waals surface area contributed by atoms with Crippen LogP contribution in [-0.2, 0) is 24.3 Å². The van der Waals surface area contributed by atoms with Gasteiger partial charge in [0.15, 0.2) is 0 Å². The molecule has 5 rings (SSSR count). The maximum atomic E-state index is 12.8. The molecule has 3 aromatic rings. The lowest BCUT2D eigenvalue weighted by Crippen LogP contribution is -2.14. The summed E-state index contributed by atoms with van der Waals surface area (Å²) in [4.78, 5) is 12.8. The number of ether oxygens (including phenoxy) is 2. The fourth-order valence-electron chi connectivity index (χ4n) is 4.49. The molecule has 0 bridgehead atoms. The molecule has 2 aliphatic rings. The molecule has 1 aromatic heterocycles. The van der Waals surface area contributed by atoms with Crippen molar-refractivity contribution in [3.63, 3.8) is 0 Å². The van der Waals surface area contributed by atoms with Crippen LogP contribution in [0.2, 0.25) is 0 Å². The Morgan fingerprint density at radius 1 is 1.11 bits per heavy atom. The van der Waals surface area contributed by atoms with E-state index in [0.717, 1.165) is 65.2 Å². The van der Waals surface area contributed by atoms with Crippen LogP contribution in [0.4, 0.5) is 0 Å². The van der Waals surface area contributed by atoms with Crippen molar-refractivity contribution in [1.82, 2.24) is 4.57 Å². The number of nitrogens with zero attached hydrogens (tertiary/aromatic N) is 1. The summed E-state index contributed by atoms with van der Waals surface area (Å²) < 4.78 is 13.8. The summed E-state index contributed by atoms with van der Waals surface area (Å²) in [5, 5.41) is 0. The van der Waals surface area contributed by atoms with E-state index in [9.17, 15) is 4.79 Å². The quantitative estimate of drug-likeness (QED) is 0.591. The summed E-state index contributed by atoms with van der Waals surface area (Å²) in [6.45, 7) is 3.59. The number of esters is 1. The second kappa shape index (κ2) is 6.86. The van der Waals surface area contributed by atoms with Gasteiger partial charge in [-0.25, -0.2) is 4.79 Å². The van der Waals surface area contributed by atoms with Crippen LogP contribution in [0, 0.1) is 0 Å². The zero-order chi connectivity index (χ0) is 19.1. The fraction of sp³-hybridized carbons (Fsp3) is 0.292. The van der Waals surface area contributed by atoms with Crippen LogP contribution in [0.25, 0.3) is 22.4 Å². The van der Waals surface area contributed by atoms with Crippen LogP contribution in [0.1, 0.15) is 41.4 Å². The van der Waals surface area contributed by atoms with Crippen LogP contribution in [-0.4, -0.2) is 17.1 Å². The van der Waals surface area contributed by atoms with Gasteiger partial charge in [-0.15, -0.1) is 0 Å². The number of carbonyl (C=O) groups is 1. The Hall–Kier alpha value is -3.01. The van der Waals surface area contributed by atoms with E-state index in [1.807, 2.05) is 19.1 Å². The molecule has 0 saturated heterocycles. The van der Waals surface area contributed by atoms with E-state index in [1.54, 1.807) is 0 Å². The SMILES string of the molecule is CCOC(=O)c1c2c(n3c1CCCC3)-c1cc(-c3ccccc3)ccc1OC2. The van der Waals surface area contributed by atoms with Gasteiger partial charge in [0.25, 0.3) is 0 Å². The zero-order valence-electron chi connectivity index (χ0n) is 16.0. The largest absolute Gasteiger partial charge is 0.488 e. The average Bonchev–Trinajstić information content (AvgIpc) is 3.09. The average molecular weight is 373 g/mol. The molecule has 2 aliphatic heterocycles. The Morgan fingerprint density at radius 3 is 2.79 bits per heavy atom. The zero-order valence-corrected chi connectivity index (χ0v) is 16.0. The van der Waals surface area contributed by atoms with Crippen molar-refractivity contribution in [3.8, 4) is 28.1 Å². The van der Waals surface area contributed by atoms with Crippen molar-refractivity contribution < 1.29 is 14.3 Å². The minimum absolute atomic E-state index is 0.222. The molecule has 4 heteroatoms. The molecule has 0 radical (unpaired) electrons. The van der Waals surface area contributed by atoms with Crippen LogP contribution in [0.3, 0.4) is 0 Å². The molecule has 0 saturated carbocycles. The lowest BCUT2D eigenvalue weighted by molar-refractivity contribution is 0.0521. The third-order valence-corrected chi connectivity index (χ3v) is 5.71. The molecule has 0 N–H and O–H groups in total. The van der Waals surface area contributed by atoms with E-state index in [4.69, 9.17) is 9.47 Å². The Balaban J connectivity index is 1.71. The topological polar surface area (TPSA) is 40.5 Å². The van der Waals surface area contributed by atoms with Crippen molar-refractivity contribution in [2.24, 2.45) is 0 Å². The molecular formula is C24H23NO3. The lowest BCUT2D eigenvalue weighted by Gasteiger charge is -2.23. The van der Waals surface area contributed by atoms with Crippen molar-refractivity contribution in [2.75, 3.05) is 6.61 Å². The van der Waals surface area contributed by atoms with E-state index in [0.29, 0.717) is 13.2 Å². The predicted octanol–water partition coefficient (Wildman–Crippen LogP) is 5.23. The molecule has 0 spiro atoms. The minimum atomic E-state index is -0.222. The highest BCUT2D eigenvalue weighted by atomic mass is 16.5. The van der Waals surface area contributed by atoms with E-state index in [2.05, 4.69) is 41.0 Å². The van der Waals surface area contributed by atoms with Crippen molar-refractivity contribution in [3.05, 3.63) is 65.4 Å². The molecule has 0 amide bonds. The van der Waals surface area contributed by atoms with Crippen LogP contribution >= 0.6 is 0 Å². The standard InChI is InChI=1S/C24H23NO3/c1-2-27-24(26)22-19-15-28-21-12-11-17(16-8-4-3-5-9-16)14-18(21)23(19)25-13-7-6-10-20(22)25/h3-5,8-9,11-12,14H,2,6-7,10,13,15H2,1H3. The number of benzene rings is 2. The lowest BCUT2D eigenvalue weighted by atomic mass is 9.96. The van der Waals surface area contributed by atoms with Gasteiger partial charge < -0.3 is 14.0 Å². The molecule has 0 unspecified atom stereocenters. The predicted molar refractivity (Wildman–Crippen MR) is 109 cm³/mol. The number of hydrogen-bond acceptors (Lipinski definition) is 3. The van der Waals surface area contributed by atoms with Crippen molar-refractivity contribution >= 4 is 5.97 Å². The molecule has 4 nitrogen and oxygen atoms in total. The first-order valence-corrected chi connectivity index (χ1v) is 10.0. The number of fused-ring (bicyclic) bond motifs is 5. The first-order chi connectivity index (χ1) is 13.8. The third kappa shape index (κ3) is 2.63. The van der Waals surface area contributed by atoms with Crippen LogP contribution < -0.4 is 4.74 Å². The summed E-state index contributed by atoms with van der Waals surface area (Å²) in [5.41, 5.74) is 7.35. The van der Waals surface area contributed by atoms with E-state index in [1.165, 1.54) is 5.56 Å². The summed E-state index contributed by atoms with van der Waals surface area (Å²) in [6, 6.07) is 16.7. The highest BCUT2D eigenvalue weighted by Gasteiger charge is 2.33. The van der Waals surface area contributed by atoms with E-state index in [-0.39, 0.29) is 5.97 Å². The monoisotopic (exact) mass is 373 g/mol. The Bertz CT molecular complexity index is 1050. The first kappa shape index (κ1) is 17.1. The summed E-state index contributed by atoms with van der Waals surface area (Å²) in [6.07, 6.45) is 3.15. The second-order valence-electron chi connectivity index (χ2n) is 7.34. The summed E-state index contributed by atoms with van der Waals surface area (Å²) >= 11 is 0. The first-order valence-electron chi connectivity index (χ1n) is 10.0. The summed E-state index contributed by atoms with van der Waals surface area (Å²) in [7, 11) is 0. The van der Waals surface area contributed by atoms with Gasteiger partial charge in [-0.3, -0.25) is 0 Å². The molecule has 0 fully saturated rings. The smallest absolute Gasteiger partial charge is 0.340 e. The van der Waals surface area contributed by atoms with Gasteiger partial charge >= 0.3 is 5.97 Å². The number of hydrogen-bond donors (Lipinski definition) is 0. The van der Waals surface area contributed by atoms with Crippen LogP contribution in [0.5, 0.6) is 5.75 Å². The number of rotatable bonds is 3. The summed E-state index contributed by atoms with van der Waals surface area (Å²) in [5.74, 6) is 0.661. The highest BCUT2D eigenvalue weighted by Crippen LogP contribution is 2.44. The van der Waals surface area contributed by atoms with Gasteiger partial charge in [0.05, 0.1) is 17.9 Å². The highest BCUT2D eigenvalue weighted by molar-refractivity contribution is 5.96. The number of carbonyl (C=O) groups excluding carboxylic acids is 1. The molecule has 3 heterocycles. The third-order valence-electron chi connectivity index (χ3n) is 5.71. The van der Waals surface area contributed by atoms with Gasteiger partial charge in [0, 0.05) is 23.4 Å². The van der Waals surface area contributed by atoms with Gasteiger partial charge in [0.2, 0.25) is 0 Å². The second-order valence-corrected chi connectivity index (χ2v) is 7.34. The number of aromatic nitrogens is 1. The maximum Gasteiger partial charge on any atom is 0.340 e. The van der Waals surface area contributed by atoms with E-state index >= 15 is 0 Å². The van der Waals surface area contributed by atoms with Gasteiger partial charge in [0.1, 0.15) is 12.4 Å². The molecule has 0 atom stereocenters. The van der Waals surface area contributed by atoms with Crippen molar-refractivity contribution in [1.29, 1.82) is 0 Å². The Morgan fingerprint density at radius 2 is 1.96 bits per heavy atom. The fourth-order valence-corrected chi connectivity index (χ4v) is 4.49. The van der Waals surface area contributed by atoms with E-state index < -0.39 is 0 Å².